The van der Waals surface area contributed by atoms with Crippen molar-refractivity contribution < 1.29 is 22.8 Å². The Bertz CT molecular complexity index is 1730. The van der Waals surface area contributed by atoms with Crippen LogP contribution in [0.5, 0.6) is 0 Å². The van der Waals surface area contributed by atoms with E-state index in [1.54, 1.807) is 9.80 Å². The second-order valence-electron chi connectivity index (χ2n) is 12.7. The number of carbonyl (C=O) groups excluding carboxylic acids is 3. The lowest BCUT2D eigenvalue weighted by atomic mass is 9.77. The molecular weight excluding hydrogens is 625 g/mol. The van der Waals surface area contributed by atoms with Crippen LogP contribution >= 0.6 is 23.2 Å². The number of rotatable bonds is 7. The number of aromatic nitrogens is 1. The number of hydrogen-bond acceptors (Lipinski definition) is 5. The van der Waals surface area contributed by atoms with Crippen LogP contribution in [0.2, 0.25) is 10.0 Å². The highest BCUT2D eigenvalue weighted by molar-refractivity contribution is 7.89. The molecule has 4 atom stereocenters. The highest BCUT2D eigenvalue weighted by atomic mass is 35.5. The minimum atomic E-state index is -4.09. The van der Waals surface area contributed by atoms with Gasteiger partial charge in [-0.1, -0.05) is 69.1 Å². The van der Waals surface area contributed by atoms with E-state index in [4.69, 9.17) is 23.2 Å². The van der Waals surface area contributed by atoms with E-state index in [1.165, 1.54) is 18.2 Å². The van der Waals surface area contributed by atoms with E-state index in [1.807, 2.05) is 69.6 Å². The maximum atomic E-state index is 14.0. The summed E-state index contributed by atoms with van der Waals surface area (Å²) < 4.78 is 29.9. The third-order valence-electron chi connectivity index (χ3n) is 8.72. The first kappa shape index (κ1) is 32.3. The van der Waals surface area contributed by atoms with Gasteiger partial charge in [-0.25, -0.2) is 13.1 Å². The molecule has 2 aliphatic rings. The topological polar surface area (TPSA) is 121 Å². The molecular formula is C31H37Cl2N5O5S. The molecule has 3 amide bonds. The number of halogens is 2. The van der Waals surface area contributed by atoms with Crippen LogP contribution in [0.15, 0.2) is 53.4 Å². The van der Waals surface area contributed by atoms with Gasteiger partial charge in [0.2, 0.25) is 21.8 Å². The lowest BCUT2D eigenvalue weighted by molar-refractivity contribution is -0.166. The second kappa shape index (κ2) is 12.0. The average Bonchev–Trinajstić information content (AvgIpc) is 3.28. The molecule has 0 radical (unpaired) electrons. The molecule has 3 aromatic rings. The largest absolute Gasteiger partial charge is 0.340 e. The monoisotopic (exact) mass is 661 g/mol. The number of fused-ring (bicyclic) bond motifs is 2. The molecule has 10 nitrogen and oxygen atoms in total. The van der Waals surface area contributed by atoms with Crippen LogP contribution in [0, 0.1) is 11.3 Å². The van der Waals surface area contributed by atoms with Crippen molar-refractivity contribution >= 4 is 61.8 Å². The Kier molecular flexibility index (Phi) is 8.80. The van der Waals surface area contributed by atoms with Crippen LogP contribution in [0.1, 0.15) is 44.6 Å². The van der Waals surface area contributed by atoms with Gasteiger partial charge in [0.25, 0.3) is 5.91 Å². The number of likely N-dealkylation sites (tertiary alicyclic amines) is 2. The number of para-hydroxylation sites is 1. The quantitative estimate of drug-likeness (QED) is 0.396. The molecule has 3 heterocycles. The molecule has 2 aliphatic heterocycles. The van der Waals surface area contributed by atoms with E-state index < -0.39 is 33.9 Å². The summed E-state index contributed by atoms with van der Waals surface area (Å²) in [6.07, 6.45) is 0.645. The van der Waals surface area contributed by atoms with Crippen molar-refractivity contribution in [2.75, 3.05) is 19.6 Å². The summed E-state index contributed by atoms with van der Waals surface area (Å²) in [6.45, 7) is 8.06. The first-order valence-corrected chi connectivity index (χ1v) is 16.7. The Balaban J connectivity index is 1.28. The Morgan fingerprint density at radius 2 is 1.75 bits per heavy atom. The molecule has 2 aromatic carbocycles. The predicted octanol–water partition coefficient (Wildman–Crippen LogP) is 4.06. The number of piperidine rings is 1. The summed E-state index contributed by atoms with van der Waals surface area (Å²) in [4.78, 5) is 44.0. The van der Waals surface area contributed by atoms with Gasteiger partial charge >= 0.3 is 0 Å². The van der Waals surface area contributed by atoms with Crippen LogP contribution in [0.25, 0.3) is 10.9 Å². The first-order chi connectivity index (χ1) is 20.6. The molecule has 0 saturated carbocycles. The molecule has 236 valence electrons. The minimum Gasteiger partial charge on any atom is -0.340 e. The van der Waals surface area contributed by atoms with Gasteiger partial charge < -0.3 is 19.7 Å². The van der Waals surface area contributed by atoms with E-state index in [0.717, 1.165) is 10.9 Å². The van der Waals surface area contributed by atoms with Gasteiger partial charge in [-0.2, -0.15) is 0 Å². The summed E-state index contributed by atoms with van der Waals surface area (Å²) in [6, 6.07) is 12.3. The van der Waals surface area contributed by atoms with E-state index in [9.17, 15) is 22.8 Å². The van der Waals surface area contributed by atoms with Crippen molar-refractivity contribution in [3.05, 3.63) is 64.3 Å². The van der Waals surface area contributed by atoms with Gasteiger partial charge in [0.05, 0.1) is 23.7 Å². The molecule has 0 bridgehead atoms. The number of nitrogens with zero attached hydrogens (tertiary/aromatic N) is 3. The standard InChI is InChI=1S/C31H37Cl2N5O5S/c1-18-12-13-37(26(39)16-34-44(42,43)25-15-20(32)10-11-21(25)33)24-17-38(27(18)24)30(41)28(31(2,3)4)35-29(40)23-14-19-8-6-7-9-22(19)36(23)5/h6-11,14-15,18,24,27-28,34H,12-13,16-17H2,1-5H3,(H,35,40)/t18-,24+,27?,28+/m0/s1. The van der Waals surface area contributed by atoms with Gasteiger partial charge in [0, 0.05) is 36.1 Å². The molecule has 13 heteroatoms. The van der Waals surface area contributed by atoms with Gasteiger partial charge in [-0.3, -0.25) is 14.4 Å². The molecule has 5 rings (SSSR count). The number of amides is 3. The van der Waals surface area contributed by atoms with Crippen molar-refractivity contribution in [3.8, 4) is 0 Å². The van der Waals surface area contributed by atoms with Gasteiger partial charge in [-0.15, -0.1) is 0 Å². The normalized spacial score (nSPS) is 21.0. The number of hydrogen-bond donors (Lipinski definition) is 2. The van der Waals surface area contributed by atoms with Crippen molar-refractivity contribution in [2.24, 2.45) is 18.4 Å². The van der Waals surface area contributed by atoms with Crippen molar-refractivity contribution in [1.82, 2.24) is 24.4 Å². The lowest BCUT2D eigenvalue weighted by Crippen LogP contribution is -2.76. The summed E-state index contributed by atoms with van der Waals surface area (Å²) in [5.74, 6) is -0.826. The third-order valence-corrected chi connectivity index (χ3v) is 10.8. The fourth-order valence-electron chi connectivity index (χ4n) is 6.24. The van der Waals surface area contributed by atoms with Crippen LogP contribution < -0.4 is 10.0 Å². The summed E-state index contributed by atoms with van der Waals surface area (Å²) in [5, 5.41) is 4.13. The second-order valence-corrected chi connectivity index (χ2v) is 15.3. The van der Waals surface area contributed by atoms with E-state index in [2.05, 4.69) is 10.0 Å². The molecule has 2 N–H and O–H groups in total. The molecule has 0 spiro atoms. The zero-order valence-corrected chi connectivity index (χ0v) is 27.6. The number of nitrogens with one attached hydrogen (secondary N) is 2. The molecule has 44 heavy (non-hydrogen) atoms. The molecule has 2 saturated heterocycles. The highest BCUT2D eigenvalue weighted by Gasteiger charge is 2.53. The maximum Gasteiger partial charge on any atom is 0.268 e. The van der Waals surface area contributed by atoms with Gasteiger partial charge in [-0.05, 0) is 48.1 Å². The maximum absolute atomic E-state index is 14.0. The smallest absolute Gasteiger partial charge is 0.268 e. The van der Waals surface area contributed by atoms with Crippen LogP contribution in [-0.4, -0.2) is 78.3 Å². The summed E-state index contributed by atoms with van der Waals surface area (Å²) in [7, 11) is -2.27. The number of aryl methyl sites for hydroxylation is 1. The molecule has 2 fully saturated rings. The molecule has 0 aliphatic carbocycles. The fraction of sp³-hybridized carbons (Fsp3) is 0.452. The SMILES string of the molecule is C[C@H]1CCN(C(=O)CNS(=O)(=O)c2cc(Cl)ccc2Cl)[C@@H]2CN(C(=O)[C@@H](NC(=O)c3cc4ccccc4n3C)C(C)(C)C)C21. The lowest BCUT2D eigenvalue weighted by Gasteiger charge is -2.59. The van der Waals surface area contributed by atoms with Crippen molar-refractivity contribution in [2.45, 2.75) is 57.1 Å². The van der Waals surface area contributed by atoms with Crippen LogP contribution in [-0.2, 0) is 26.7 Å². The molecule has 1 unspecified atom stereocenters. The van der Waals surface area contributed by atoms with Crippen molar-refractivity contribution in [3.63, 3.8) is 0 Å². The van der Waals surface area contributed by atoms with E-state index in [0.29, 0.717) is 25.2 Å². The summed E-state index contributed by atoms with van der Waals surface area (Å²) in [5.41, 5.74) is 0.787. The summed E-state index contributed by atoms with van der Waals surface area (Å²) >= 11 is 12.0. The Morgan fingerprint density at radius 1 is 1.05 bits per heavy atom. The van der Waals surface area contributed by atoms with Gasteiger partial charge in [0.1, 0.15) is 16.6 Å². The fourth-order valence-corrected chi connectivity index (χ4v) is 7.98. The van der Waals surface area contributed by atoms with E-state index in [-0.39, 0.29) is 44.8 Å². The Morgan fingerprint density at radius 3 is 2.43 bits per heavy atom. The zero-order valence-electron chi connectivity index (χ0n) is 25.3. The minimum absolute atomic E-state index is 0.00439. The van der Waals surface area contributed by atoms with E-state index >= 15 is 0 Å². The first-order valence-electron chi connectivity index (χ1n) is 14.5. The average molecular weight is 663 g/mol. The van der Waals surface area contributed by atoms with Crippen LogP contribution in [0.3, 0.4) is 0 Å². The van der Waals surface area contributed by atoms with Crippen LogP contribution in [0.4, 0.5) is 0 Å². The third kappa shape index (κ3) is 6.07. The number of sulfonamides is 1. The Labute approximate surface area is 267 Å². The Hall–Kier alpha value is -3.12. The number of carbonyl (C=O) groups is 3. The zero-order chi connectivity index (χ0) is 32.1. The van der Waals surface area contributed by atoms with Crippen molar-refractivity contribution in [1.29, 1.82) is 0 Å². The highest BCUT2D eigenvalue weighted by Crippen LogP contribution is 2.37. The van der Waals surface area contributed by atoms with Gasteiger partial charge in [0.15, 0.2) is 0 Å². The predicted molar refractivity (Wildman–Crippen MR) is 170 cm³/mol. The molecule has 1 aromatic heterocycles. The number of benzene rings is 2.